The summed E-state index contributed by atoms with van der Waals surface area (Å²) in [6, 6.07) is 15.5. The second kappa shape index (κ2) is 13.1. The molecule has 3 atom stereocenters. The van der Waals surface area contributed by atoms with E-state index in [1.807, 2.05) is 29.2 Å². The molecule has 1 aromatic heterocycles. The number of unbranched alkanes of at least 4 members (excludes halogenated alkanes) is 1. The van der Waals surface area contributed by atoms with Crippen molar-refractivity contribution in [2.45, 2.75) is 43.7 Å². The van der Waals surface area contributed by atoms with Crippen LogP contribution in [0.2, 0.25) is 0 Å². The Balaban J connectivity index is 1.14. The van der Waals surface area contributed by atoms with E-state index in [4.69, 9.17) is 0 Å². The fourth-order valence-electron chi connectivity index (χ4n) is 5.22. The van der Waals surface area contributed by atoms with Gasteiger partial charge in [-0.3, -0.25) is 9.59 Å². The Morgan fingerprint density at radius 1 is 0.975 bits per heavy atom. The number of nitrogens with zero attached hydrogens (tertiary/aromatic N) is 4. The lowest BCUT2D eigenvalue weighted by atomic mass is 10.1. The lowest BCUT2D eigenvalue weighted by molar-refractivity contribution is -0.135. The first-order valence-electron chi connectivity index (χ1n) is 14.1. The van der Waals surface area contributed by atoms with E-state index in [-0.39, 0.29) is 17.6 Å². The second-order valence-electron chi connectivity index (χ2n) is 10.8. The summed E-state index contributed by atoms with van der Waals surface area (Å²) in [6.07, 6.45) is 6.72. The molecule has 2 heterocycles. The van der Waals surface area contributed by atoms with Gasteiger partial charge in [-0.1, -0.05) is 24.3 Å². The number of amides is 2. The highest BCUT2D eigenvalue weighted by Crippen LogP contribution is 2.40. The zero-order valence-electron chi connectivity index (χ0n) is 22.9. The van der Waals surface area contributed by atoms with Gasteiger partial charge in [0.25, 0.3) is 5.91 Å². The Labute approximate surface area is 235 Å². The summed E-state index contributed by atoms with van der Waals surface area (Å²) >= 11 is 0. The first-order valence-corrected chi connectivity index (χ1v) is 14.1. The Hall–Kier alpha value is -3.69. The van der Waals surface area contributed by atoms with Crippen molar-refractivity contribution in [3.8, 4) is 11.4 Å². The van der Waals surface area contributed by atoms with E-state index < -0.39 is 6.04 Å². The molecule has 0 unspecified atom stereocenters. The number of carbonyl (C=O) groups excluding carboxylic acids is 2. The molecule has 0 radical (unpaired) electrons. The van der Waals surface area contributed by atoms with E-state index in [1.165, 1.54) is 17.7 Å². The van der Waals surface area contributed by atoms with E-state index in [0.717, 1.165) is 44.5 Å². The molecular weight excluding hydrogens is 507 g/mol. The quantitative estimate of drug-likeness (QED) is 0.360. The van der Waals surface area contributed by atoms with Crippen LogP contribution < -0.4 is 10.6 Å². The van der Waals surface area contributed by atoms with Crippen molar-refractivity contribution in [2.75, 3.05) is 39.8 Å². The van der Waals surface area contributed by atoms with Gasteiger partial charge in [0.1, 0.15) is 11.9 Å². The Morgan fingerprint density at radius 2 is 1.68 bits per heavy atom. The van der Waals surface area contributed by atoms with Crippen molar-refractivity contribution in [2.24, 2.45) is 0 Å². The summed E-state index contributed by atoms with van der Waals surface area (Å²) in [5, 5.41) is 6.60. The summed E-state index contributed by atoms with van der Waals surface area (Å²) in [7, 11) is 2.05. The van der Waals surface area contributed by atoms with Gasteiger partial charge in [-0.15, -0.1) is 0 Å². The van der Waals surface area contributed by atoms with Crippen LogP contribution in [-0.4, -0.2) is 83.4 Å². The number of aromatic nitrogens is 2. The van der Waals surface area contributed by atoms with Crippen LogP contribution in [0.15, 0.2) is 67.0 Å². The predicted octanol–water partition coefficient (Wildman–Crippen LogP) is 3.47. The highest BCUT2D eigenvalue weighted by Gasteiger charge is 2.37. The summed E-state index contributed by atoms with van der Waals surface area (Å²) in [5.41, 5.74) is 2.49. The molecule has 0 bridgehead atoms. The van der Waals surface area contributed by atoms with Gasteiger partial charge in [-0.25, -0.2) is 14.4 Å². The van der Waals surface area contributed by atoms with Gasteiger partial charge in [0.15, 0.2) is 5.82 Å². The number of benzene rings is 2. The fraction of sp³-hybridized carbons (Fsp3) is 0.419. The largest absolute Gasteiger partial charge is 0.340 e. The predicted molar refractivity (Wildman–Crippen MR) is 152 cm³/mol. The molecule has 210 valence electrons. The van der Waals surface area contributed by atoms with E-state index >= 15 is 0 Å². The highest BCUT2D eigenvalue weighted by atomic mass is 19.1. The number of piperazine rings is 1. The molecule has 0 spiro atoms. The lowest BCUT2D eigenvalue weighted by Gasteiger charge is -2.34. The van der Waals surface area contributed by atoms with Gasteiger partial charge in [0.2, 0.25) is 5.91 Å². The van der Waals surface area contributed by atoms with Crippen LogP contribution in [0.1, 0.15) is 47.5 Å². The summed E-state index contributed by atoms with van der Waals surface area (Å²) in [6.45, 7) is 3.84. The Morgan fingerprint density at radius 3 is 2.38 bits per heavy atom. The molecule has 3 aromatic rings. The van der Waals surface area contributed by atoms with Crippen molar-refractivity contribution in [1.82, 2.24) is 30.4 Å². The number of halogens is 1. The molecular formula is C31H37FN6O2. The zero-order chi connectivity index (χ0) is 27.9. The minimum atomic E-state index is -0.569. The van der Waals surface area contributed by atoms with Crippen molar-refractivity contribution in [3.05, 3.63) is 83.9 Å². The normalized spacial score (nSPS) is 19.7. The summed E-state index contributed by atoms with van der Waals surface area (Å²) in [5.74, 6) is 0.557. The number of hydrogen-bond donors (Lipinski definition) is 2. The maximum atomic E-state index is 13.5. The average Bonchev–Trinajstić information content (AvgIpc) is 3.77. The molecule has 1 aliphatic heterocycles. The molecule has 1 aliphatic carbocycles. The van der Waals surface area contributed by atoms with Crippen LogP contribution >= 0.6 is 0 Å². The molecule has 1 saturated carbocycles. The van der Waals surface area contributed by atoms with Gasteiger partial charge in [-0.2, -0.15) is 0 Å². The van der Waals surface area contributed by atoms with Crippen LogP contribution in [0.3, 0.4) is 0 Å². The molecule has 1 saturated heterocycles. The third-order valence-electron chi connectivity index (χ3n) is 7.80. The summed E-state index contributed by atoms with van der Waals surface area (Å²) < 4.78 is 13.2. The smallest absolute Gasteiger partial charge is 0.251 e. The topological polar surface area (TPSA) is 90.5 Å². The first kappa shape index (κ1) is 27.9. The molecule has 40 heavy (non-hydrogen) atoms. The Bertz CT molecular complexity index is 1260. The molecule has 2 fully saturated rings. The van der Waals surface area contributed by atoms with Crippen molar-refractivity contribution >= 4 is 11.8 Å². The van der Waals surface area contributed by atoms with Crippen molar-refractivity contribution in [1.29, 1.82) is 0 Å². The standard InChI is InChI=1S/C31H37FN6O2/c1-37-17-19-38(20-18-37)31(40)27(5-2-3-14-33-28-21-26(28)22-10-12-25(32)13-11-22)36-30(39)24-8-6-23(7-9-24)29-34-15-4-16-35-29/h4,6-13,15-16,26-28,33H,2-3,5,14,17-21H2,1H3,(H,36,39)/t26-,27-,28+/m0/s1. The fourth-order valence-corrected chi connectivity index (χ4v) is 5.22. The van der Waals surface area contributed by atoms with Crippen LogP contribution in [0, 0.1) is 5.82 Å². The molecule has 5 rings (SSSR count). The second-order valence-corrected chi connectivity index (χ2v) is 10.8. The molecule has 2 amide bonds. The van der Waals surface area contributed by atoms with Crippen LogP contribution in [0.4, 0.5) is 4.39 Å². The lowest BCUT2D eigenvalue weighted by Crippen LogP contribution is -2.54. The van der Waals surface area contributed by atoms with Gasteiger partial charge >= 0.3 is 0 Å². The van der Waals surface area contributed by atoms with Crippen LogP contribution in [0.25, 0.3) is 11.4 Å². The van der Waals surface area contributed by atoms with E-state index in [1.54, 1.807) is 30.6 Å². The maximum absolute atomic E-state index is 13.5. The first-order chi connectivity index (χ1) is 19.5. The number of hydrogen-bond acceptors (Lipinski definition) is 6. The van der Waals surface area contributed by atoms with Crippen LogP contribution in [0.5, 0.6) is 0 Å². The minimum absolute atomic E-state index is 0.0118. The van der Waals surface area contributed by atoms with Gasteiger partial charge in [-0.05, 0) is 75.2 Å². The van der Waals surface area contributed by atoms with Gasteiger partial charge in [0.05, 0.1) is 0 Å². The van der Waals surface area contributed by atoms with Crippen molar-refractivity contribution < 1.29 is 14.0 Å². The highest BCUT2D eigenvalue weighted by molar-refractivity contribution is 5.97. The molecule has 2 aromatic carbocycles. The molecule has 8 nitrogen and oxygen atoms in total. The molecule has 2 N–H and O–H groups in total. The average molecular weight is 545 g/mol. The SMILES string of the molecule is CN1CCN(C(=O)[C@H](CCCCN[C@@H]2C[C@H]2c2ccc(F)cc2)NC(=O)c2ccc(-c3ncccn3)cc2)CC1. The number of likely N-dealkylation sites (N-methyl/N-ethyl adjacent to an activating group) is 1. The third-order valence-corrected chi connectivity index (χ3v) is 7.80. The van der Waals surface area contributed by atoms with Crippen LogP contribution in [-0.2, 0) is 4.79 Å². The van der Waals surface area contributed by atoms with Crippen molar-refractivity contribution in [3.63, 3.8) is 0 Å². The van der Waals surface area contributed by atoms with E-state index in [2.05, 4.69) is 32.5 Å². The Kier molecular flexibility index (Phi) is 9.13. The van der Waals surface area contributed by atoms with Gasteiger partial charge in [0, 0.05) is 61.7 Å². The zero-order valence-corrected chi connectivity index (χ0v) is 22.9. The molecule has 9 heteroatoms. The number of carbonyl (C=O) groups is 2. The minimum Gasteiger partial charge on any atom is -0.340 e. The third kappa shape index (κ3) is 7.28. The summed E-state index contributed by atoms with van der Waals surface area (Å²) in [4.78, 5) is 39.2. The molecule has 2 aliphatic rings. The maximum Gasteiger partial charge on any atom is 0.251 e. The monoisotopic (exact) mass is 544 g/mol. The van der Waals surface area contributed by atoms with Gasteiger partial charge < -0.3 is 20.4 Å². The number of nitrogens with one attached hydrogen (secondary N) is 2. The van der Waals surface area contributed by atoms with E-state index in [9.17, 15) is 14.0 Å². The number of rotatable bonds is 11. The van der Waals surface area contributed by atoms with E-state index in [0.29, 0.717) is 42.9 Å².